The SMILES string of the molecule is CCCC1NC(=O)N(CC(=O)Nc2ccc(F)cc2Cl)C1=O. The van der Waals surface area contributed by atoms with Crippen molar-refractivity contribution in [2.45, 2.75) is 25.8 Å². The number of carbonyl (C=O) groups is 3. The molecule has 8 heteroatoms. The highest BCUT2D eigenvalue weighted by molar-refractivity contribution is 6.33. The van der Waals surface area contributed by atoms with Crippen LogP contribution >= 0.6 is 11.6 Å². The summed E-state index contributed by atoms with van der Waals surface area (Å²) >= 11 is 5.80. The normalized spacial score (nSPS) is 17.6. The number of nitrogens with one attached hydrogen (secondary N) is 2. The molecule has 1 aliphatic heterocycles. The van der Waals surface area contributed by atoms with Crippen LogP contribution in [-0.4, -0.2) is 35.3 Å². The van der Waals surface area contributed by atoms with Gasteiger partial charge in [0.05, 0.1) is 10.7 Å². The van der Waals surface area contributed by atoms with Crippen molar-refractivity contribution in [1.82, 2.24) is 10.2 Å². The largest absolute Gasteiger partial charge is 0.326 e. The third-order valence-electron chi connectivity index (χ3n) is 3.19. The topological polar surface area (TPSA) is 78.5 Å². The molecule has 0 spiro atoms. The van der Waals surface area contributed by atoms with Crippen LogP contribution in [-0.2, 0) is 9.59 Å². The van der Waals surface area contributed by atoms with Crippen LogP contribution in [0.4, 0.5) is 14.9 Å². The van der Waals surface area contributed by atoms with Crippen LogP contribution in [0.15, 0.2) is 18.2 Å². The average molecular weight is 328 g/mol. The second-order valence-corrected chi connectivity index (χ2v) is 5.29. The first-order chi connectivity index (χ1) is 10.4. The van der Waals surface area contributed by atoms with E-state index in [-0.39, 0.29) is 10.7 Å². The van der Waals surface area contributed by atoms with E-state index in [1.807, 2.05) is 6.92 Å². The number of imide groups is 1. The summed E-state index contributed by atoms with van der Waals surface area (Å²) in [6.45, 7) is 1.48. The smallest absolute Gasteiger partial charge is 0.325 e. The molecule has 1 fully saturated rings. The van der Waals surface area contributed by atoms with E-state index in [9.17, 15) is 18.8 Å². The first kappa shape index (κ1) is 16.2. The lowest BCUT2D eigenvalue weighted by Crippen LogP contribution is -2.38. The number of carbonyl (C=O) groups excluding carboxylic acids is 3. The van der Waals surface area contributed by atoms with Gasteiger partial charge in [0.15, 0.2) is 0 Å². The van der Waals surface area contributed by atoms with Crippen molar-refractivity contribution in [3.63, 3.8) is 0 Å². The maximum Gasteiger partial charge on any atom is 0.325 e. The fraction of sp³-hybridized carbons (Fsp3) is 0.357. The highest BCUT2D eigenvalue weighted by atomic mass is 35.5. The lowest BCUT2D eigenvalue weighted by atomic mass is 10.2. The number of rotatable bonds is 5. The average Bonchev–Trinajstić information content (AvgIpc) is 2.70. The first-order valence-corrected chi connectivity index (χ1v) is 7.17. The fourth-order valence-electron chi connectivity index (χ4n) is 2.14. The van der Waals surface area contributed by atoms with E-state index < -0.39 is 36.2 Å². The molecule has 22 heavy (non-hydrogen) atoms. The van der Waals surface area contributed by atoms with Crippen molar-refractivity contribution < 1.29 is 18.8 Å². The Hall–Kier alpha value is -2.15. The number of halogens is 2. The van der Waals surface area contributed by atoms with Gasteiger partial charge < -0.3 is 10.6 Å². The van der Waals surface area contributed by atoms with E-state index in [1.165, 1.54) is 6.07 Å². The molecule has 1 aromatic carbocycles. The van der Waals surface area contributed by atoms with Gasteiger partial charge in [0.25, 0.3) is 5.91 Å². The molecule has 0 radical (unpaired) electrons. The molecular formula is C14H15ClFN3O3. The van der Waals surface area contributed by atoms with Crippen molar-refractivity contribution in [3.05, 3.63) is 29.0 Å². The lowest BCUT2D eigenvalue weighted by Gasteiger charge is -2.13. The lowest BCUT2D eigenvalue weighted by molar-refractivity contribution is -0.130. The molecule has 4 amide bonds. The summed E-state index contributed by atoms with van der Waals surface area (Å²) in [4.78, 5) is 36.5. The number of hydrogen-bond donors (Lipinski definition) is 2. The zero-order chi connectivity index (χ0) is 16.3. The Bertz CT molecular complexity index is 623. The fourth-order valence-corrected chi connectivity index (χ4v) is 2.35. The highest BCUT2D eigenvalue weighted by Gasteiger charge is 2.38. The van der Waals surface area contributed by atoms with Crippen molar-refractivity contribution in [2.75, 3.05) is 11.9 Å². The van der Waals surface area contributed by atoms with E-state index in [2.05, 4.69) is 10.6 Å². The molecule has 1 saturated heterocycles. The zero-order valence-electron chi connectivity index (χ0n) is 11.9. The van der Waals surface area contributed by atoms with Gasteiger partial charge in [-0.3, -0.25) is 14.5 Å². The van der Waals surface area contributed by atoms with Gasteiger partial charge in [0.2, 0.25) is 5.91 Å². The minimum absolute atomic E-state index is 0.0365. The van der Waals surface area contributed by atoms with E-state index in [4.69, 9.17) is 11.6 Å². The molecule has 0 bridgehead atoms. The van der Waals surface area contributed by atoms with Gasteiger partial charge in [0.1, 0.15) is 18.4 Å². The third kappa shape index (κ3) is 3.54. The molecule has 6 nitrogen and oxygen atoms in total. The van der Waals surface area contributed by atoms with E-state index >= 15 is 0 Å². The van der Waals surface area contributed by atoms with Gasteiger partial charge in [-0.05, 0) is 24.6 Å². The summed E-state index contributed by atoms with van der Waals surface area (Å²) in [5.41, 5.74) is 0.213. The Labute approximate surface area is 131 Å². The number of anilines is 1. The predicted molar refractivity (Wildman–Crippen MR) is 79.0 cm³/mol. The Kier molecular flexibility index (Phi) is 4.97. The second kappa shape index (κ2) is 6.74. The van der Waals surface area contributed by atoms with Gasteiger partial charge in [-0.15, -0.1) is 0 Å². The summed E-state index contributed by atoms with van der Waals surface area (Å²) < 4.78 is 12.9. The van der Waals surface area contributed by atoms with Gasteiger partial charge >= 0.3 is 6.03 Å². The van der Waals surface area contributed by atoms with Crippen LogP contribution in [0.2, 0.25) is 5.02 Å². The summed E-state index contributed by atoms with van der Waals surface area (Å²) in [6, 6.07) is 2.33. The molecule has 0 aliphatic carbocycles. The maximum atomic E-state index is 12.9. The Morgan fingerprint density at radius 3 is 2.82 bits per heavy atom. The third-order valence-corrected chi connectivity index (χ3v) is 3.50. The first-order valence-electron chi connectivity index (χ1n) is 6.79. The number of nitrogens with zero attached hydrogens (tertiary/aromatic N) is 1. The van der Waals surface area contributed by atoms with Gasteiger partial charge in [-0.1, -0.05) is 24.9 Å². The standard InChI is InChI=1S/C14H15ClFN3O3/c1-2-3-11-13(21)19(14(22)18-11)7-12(20)17-10-5-4-8(16)6-9(10)15/h4-6,11H,2-3,7H2,1H3,(H,17,20)(H,18,22). The van der Waals surface area contributed by atoms with Crippen molar-refractivity contribution >= 4 is 35.1 Å². The molecule has 2 N–H and O–H groups in total. The van der Waals surface area contributed by atoms with Crippen LogP contribution in [0.1, 0.15) is 19.8 Å². The monoisotopic (exact) mass is 327 g/mol. The molecule has 2 rings (SSSR count). The molecule has 0 aromatic heterocycles. The van der Waals surface area contributed by atoms with Crippen molar-refractivity contribution in [1.29, 1.82) is 0 Å². The second-order valence-electron chi connectivity index (χ2n) is 4.89. The number of benzene rings is 1. The quantitative estimate of drug-likeness (QED) is 0.813. The van der Waals surface area contributed by atoms with Gasteiger partial charge in [-0.2, -0.15) is 0 Å². The molecule has 118 valence electrons. The number of hydrogen-bond acceptors (Lipinski definition) is 3. The molecule has 1 heterocycles. The maximum absolute atomic E-state index is 12.9. The zero-order valence-corrected chi connectivity index (χ0v) is 12.6. The number of amides is 4. The summed E-state index contributed by atoms with van der Waals surface area (Å²) in [6.07, 6.45) is 1.26. The molecule has 1 unspecified atom stereocenters. The summed E-state index contributed by atoms with van der Waals surface area (Å²) in [7, 11) is 0. The van der Waals surface area contributed by atoms with Crippen LogP contribution in [0.3, 0.4) is 0 Å². The van der Waals surface area contributed by atoms with Crippen LogP contribution in [0, 0.1) is 5.82 Å². The van der Waals surface area contributed by atoms with Crippen molar-refractivity contribution in [2.24, 2.45) is 0 Å². The highest BCUT2D eigenvalue weighted by Crippen LogP contribution is 2.22. The predicted octanol–water partition coefficient (Wildman–Crippen LogP) is 2.14. The Morgan fingerprint density at radius 2 is 2.18 bits per heavy atom. The van der Waals surface area contributed by atoms with Gasteiger partial charge in [-0.25, -0.2) is 9.18 Å². The molecule has 1 aliphatic rings. The Balaban J connectivity index is 2.00. The van der Waals surface area contributed by atoms with Crippen LogP contribution in [0.25, 0.3) is 0 Å². The Morgan fingerprint density at radius 1 is 1.45 bits per heavy atom. The summed E-state index contributed by atoms with van der Waals surface area (Å²) in [5.74, 6) is -1.54. The van der Waals surface area contributed by atoms with Gasteiger partial charge in [0, 0.05) is 0 Å². The minimum Gasteiger partial charge on any atom is -0.326 e. The minimum atomic E-state index is -0.594. The summed E-state index contributed by atoms with van der Waals surface area (Å²) in [5, 5.41) is 5.00. The molecule has 1 atom stereocenters. The molecule has 0 saturated carbocycles. The molecular weight excluding hydrogens is 313 g/mol. The van der Waals surface area contributed by atoms with E-state index in [0.717, 1.165) is 23.5 Å². The molecule has 1 aromatic rings. The number of urea groups is 1. The van der Waals surface area contributed by atoms with Crippen molar-refractivity contribution in [3.8, 4) is 0 Å². The van der Waals surface area contributed by atoms with Crippen LogP contribution < -0.4 is 10.6 Å². The van der Waals surface area contributed by atoms with Crippen LogP contribution in [0.5, 0.6) is 0 Å². The van der Waals surface area contributed by atoms with E-state index in [1.54, 1.807) is 0 Å². The van der Waals surface area contributed by atoms with E-state index in [0.29, 0.717) is 6.42 Å².